The van der Waals surface area contributed by atoms with E-state index in [1.807, 2.05) is 0 Å². The monoisotopic (exact) mass is 445 g/mol. The topological polar surface area (TPSA) is 95.7 Å². The van der Waals surface area contributed by atoms with Crippen LogP contribution >= 0.6 is 0 Å². The minimum Gasteiger partial charge on any atom is -0.481 e. The van der Waals surface area contributed by atoms with Gasteiger partial charge in [0.25, 0.3) is 5.91 Å². The Balaban J connectivity index is 1.27. The summed E-state index contributed by atoms with van der Waals surface area (Å²) in [5, 5.41) is 16.3. The second-order valence-corrected chi connectivity index (χ2v) is 9.28. The van der Waals surface area contributed by atoms with Gasteiger partial charge in [-0.25, -0.2) is 8.78 Å². The first-order valence-electron chi connectivity index (χ1n) is 11.1. The van der Waals surface area contributed by atoms with Gasteiger partial charge in [0.05, 0.1) is 11.5 Å². The second kappa shape index (κ2) is 7.95. The van der Waals surface area contributed by atoms with Gasteiger partial charge in [0, 0.05) is 37.3 Å². The summed E-state index contributed by atoms with van der Waals surface area (Å²) in [5.41, 5.74) is 0.301. The van der Waals surface area contributed by atoms with E-state index in [4.69, 9.17) is 4.52 Å². The summed E-state index contributed by atoms with van der Waals surface area (Å²) in [7, 11) is 0. The fraction of sp³-hybridized carbons (Fsp3) is 0.522. The zero-order valence-electron chi connectivity index (χ0n) is 17.5. The lowest BCUT2D eigenvalue weighted by atomic mass is 9.88. The summed E-state index contributed by atoms with van der Waals surface area (Å²) in [6.07, 6.45) is 6.54. The van der Waals surface area contributed by atoms with E-state index >= 15 is 0 Å². The van der Waals surface area contributed by atoms with E-state index in [0.29, 0.717) is 24.4 Å². The number of carbonyl (C=O) groups excluding carboxylic acids is 1. The van der Waals surface area contributed by atoms with E-state index in [1.54, 1.807) is 0 Å². The Hall–Kier alpha value is -2.81. The Bertz CT molecular complexity index is 1050. The van der Waals surface area contributed by atoms with Crippen molar-refractivity contribution in [3.8, 4) is 11.3 Å². The zero-order valence-corrected chi connectivity index (χ0v) is 17.5. The summed E-state index contributed by atoms with van der Waals surface area (Å²) in [5.74, 6) is -3.78. The highest BCUT2D eigenvalue weighted by Crippen LogP contribution is 2.59. The molecule has 32 heavy (non-hydrogen) atoms. The smallest absolute Gasteiger partial charge is 0.309 e. The number of rotatable bonds is 5. The fourth-order valence-corrected chi connectivity index (χ4v) is 5.56. The molecule has 1 spiro atoms. The van der Waals surface area contributed by atoms with Crippen molar-refractivity contribution in [2.45, 2.75) is 50.6 Å². The van der Waals surface area contributed by atoms with Crippen LogP contribution in [0, 0.1) is 23.0 Å². The van der Waals surface area contributed by atoms with E-state index in [0.717, 1.165) is 25.1 Å². The fourth-order valence-electron chi connectivity index (χ4n) is 5.56. The van der Waals surface area contributed by atoms with Crippen LogP contribution in [-0.4, -0.2) is 52.2 Å². The van der Waals surface area contributed by atoms with Crippen LogP contribution in [0.2, 0.25) is 0 Å². The predicted octanol–water partition coefficient (Wildman–Crippen LogP) is 3.46. The van der Waals surface area contributed by atoms with Crippen LogP contribution in [0.15, 0.2) is 28.8 Å². The molecule has 1 saturated heterocycles. The van der Waals surface area contributed by atoms with Gasteiger partial charge in [-0.2, -0.15) is 0 Å². The van der Waals surface area contributed by atoms with E-state index in [9.17, 15) is 23.5 Å². The van der Waals surface area contributed by atoms with Crippen molar-refractivity contribution in [1.82, 2.24) is 15.4 Å². The standard InChI is InChI=1S/C23H25F2N3O4/c24-13-3-4-14(16(25)10-13)19-11-18(27-32-19)21(29)26-17-5-9-28(12-15(17)22(30)31)20-2-1-6-23(20)7-8-23/h3-4,10-11,15,17,20H,1-2,5-9,12H2,(H,26,29)(H,30,31)/t15-,17-,20?/m1/s1. The molecule has 1 aliphatic heterocycles. The highest BCUT2D eigenvalue weighted by Gasteiger charge is 2.55. The highest BCUT2D eigenvalue weighted by molar-refractivity contribution is 5.93. The van der Waals surface area contributed by atoms with Crippen molar-refractivity contribution >= 4 is 11.9 Å². The molecule has 2 aromatic rings. The molecule has 9 heteroatoms. The van der Waals surface area contributed by atoms with Crippen molar-refractivity contribution in [3.63, 3.8) is 0 Å². The first-order valence-corrected chi connectivity index (χ1v) is 11.1. The highest BCUT2D eigenvalue weighted by atomic mass is 19.1. The lowest BCUT2D eigenvalue weighted by molar-refractivity contribution is -0.145. The molecule has 1 aromatic heterocycles. The number of piperidine rings is 1. The minimum atomic E-state index is -0.933. The molecule has 3 aliphatic rings. The lowest BCUT2D eigenvalue weighted by Crippen LogP contribution is -2.56. The number of nitrogens with one attached hydrogen (secondary N) is 1. The van der Waals surface area contributed by atoms with Crippen LogP contribution in [-0.2, 0) is 4.79 Å². The second-order valence-electron chi connectivity index (χ2n) is 9.28. The van der Waals surface area contributed by atoms with E-state index in [-0.39, 0.29) is 17.0 Å². The SMILES string of the molecule is O=C(N[C@@H]1CCN(C2CCCC23CC3)C[C@H]1C(=O)O)c1cc(-c2ccc(F)cc2F)on1. The maximum Gasteiger partial charge on any atom is 0.309 e. The van der Waals surface area contributed by atoms with Crippen molar-refractivity contribution in [1.29, 1.82) is 0 Å². The van der Waals surface area contributed by atoms with Gasteiger partial charge in [0.2, 0.25) is 0 Å². The predicted molar refractivity (Wildman–Crippen MR) is 110 cm³/mol. The van der Waals surface area contributed by atoms with E-state index in [1.165, 1.54) is 37.8 Å². The van der Waals surface area contributed by atoms with Gasteiger partial charge in [-0.3, -0.25) is 14.5 Å². The molecule has 3 fully saturated rings. The summed E-state index contributed by atoms with van der Waals surface area (Å²) in [6, 6.07) is 4.20. The molecule has 2 N–H and O–H groups in total. The third-order valence-corrected chi connectivity index (χ3v) is 7.41. The number of hydrogen-bond acceptors (Lipinski definition) is 5. The van der Waals surface area contributed by atoms with Crippen LogP contribution in [0.1, 0.15) is 49.0 Å². The summed E-state index contributed by atoms with van der Waals surface area (Å²) < 4.78 is 32.2. The number of carboxylic acids is 1. The molecule has 1 aromatic carbocycles. The molecule has 170 valence electrons. The Morgan fingerprint density at radius 3 is 2.72 bits per heavy atom. The molecule has 2 saturated carbocycles. The van der Waals surface area contributed by atoms with Crippen molar-refractivity contribution in [3.05, 3.63) is 41.6 Å². The Morgan fingerprint density at radius 2 is 2.00 bits per heavy atom. The molecule has 2 heterocycles. The summed E-state index contributed by atoms with van der Waals surface area (Å²) in [4.78, 5) is 27.0. The maximum atomic E-state index is 14.0. The van der Waals surface area contributed by atoms with Crippen LogP contribution in [0.25, 0.3) is 11.3 Å². The third kappa shape index (κ3) is 3.79. The molecule has 0 bridgehead atoms. The van der Waals surface area contributed by atoms with Crippen molar-refractivity contribution in [2.24, 2.45) is 11.3 Å². The normalized spacial score (nSPS) is 26.9. The number of carboxylic acid groups (broad SMARTS) is 1. The van der Waals surface area contributed by atoms with Gasteiger partial charge in [0.15, 0.2) is 11.5 Å². The number of halogens is 2. The average molecular weight is 445 g/mol. The van der Waals surface area contributed by atoms with Crippen LogP contribution < -0.4 is 5.32 Å². The Morgan fingerprint density at radius 1 is 1.19 bits per heavy atom. The molecule has 1 amide bonds. The molecular formula is C23H25F2N3O4. The number of hydrogen-bond donors (Lipinski definition) is 2. The molecule has 3 atom stereocenters. The summed E-state index contributed by atoms with van der Waals surface area (Å²) >= 11 is 0. The largest absolute Gasteiger partial charge is 0.481 e. The van der Waals surface area contributed by atoms with Crippen molar-refractivity contribution in [2.75, 3.05) is 13.1 Å². The van der Waals surface area contributed by atoms with Gasteiger partial charge in [-0.15, -0.1) is 0 Å². The van der Waals surface area contributed by atoms with Crippen molar-refractivity contribution < 1.29 is 28.0 Å². The number of amides is 1. The quantitative estimate of drug-likeness (QED) is 0.732. The molecule has 5 rings (SSSR count). The Labute approximate surface area is 183 Å². The average Bonchev–Trinajstić information content (AvgIpc) is 3.17. The molecule has 1 unspecified atom stereocenters. The zero-order chi connectivity index (χ0) is 22.5. The van der Waals surface area contributed by atoms with Gasteiger partial charge in [0.1, 0.15) is 11.6 Å². The minimum absolute atomic E-state index is 0.00628. The Kier molecular flexibility index (Phi) is 5.23. The van der Waals surface area contributed by atoms with Crippen LogP contribution in [0.4, 0.5) is 8.78 Å². The first-order chi connectivity index (χ1) is 15.4. The van der Waals surface area contributed by atoms with Gasteiger partial charge < -0.3 is 14.9 Å². The van der Waals surface area contributed by atoms with E-state index < -0.39 is 35.5 Å². The van der Waals surface area contributed by atoms with Gasteiger partial charge >= 0.3 is 5.97 Å². The molecule has 2 aliphatic carbocycles. The first kappa shape index (κ1) is 21.1. The number of benzene rings is 1. The lowest BCUT2D eigenvalue weighted by Gasteiger charge is -2.42. The van der Waals surface area contributed by atoms with E-state index in [2.05, 4.69) is 15.4 Å². The number of aromatic nitrogens is 1. The third-order valence-electron chi connectivity index (χ3n) is 7.41. The number of likely N-dealkylation sites (tertiary alicyclic amines) is 1. The van der Waals surface area contributed by atoms with Gasteiger partial charge in [-0.05, 0) is 49.7 Å². The van der Waals surface area contributed by atoms with Crippen LogP contribution in [0.5, 0.6) is 0 Å². The maximum absolute atomic E-state index is 14.0. The summed E-state index contributed by atoms with van der Waals surface area (Å²) in [6.45, 7) is 1.16. The molecule has 7 nitrogen and oxygen atoms in total. The molecule has 0 radical (unpaired) electrons. The van der Waals surface area contributed by atoms with Crippen LogP contribution in [0.3, 0.4) is 0 Å². The van der Waals surface area contributed by atoms with Gasteiger partial charge in [-0.1, -0.05) is 11.6 Å². The number of carbonyl (C=O) groups is 2. The number of aliphatic carboxylic acids is 1. The molecular weight excluding hydrogens is 420 g/mol. The number of nitrogens with zero attached hydrogens (tertiary/aromatic N) is 2.